The second kappa shape index (κ2) is 7.47. The van der Waals surface area contributed by atoms with Crippen LogP contribution in [0.25, 0.3) is 0 Å². The van der Waals surface area contributed by atoms with Crippen LogP contribution in [0.1, 0.15) is 28.5 Å². The van der Waals surface area contributed by atoms with Gasteiger partial charge in [0.05, 0.1) is 17.7 Å². The van der Waals surface area contributed by atoms with Gasteiger partial charge >= 0.3 is 6.18 Å². The predicted molar refractivity (Wildman–Crippen MR) is 99.8 cm³/mol. The summed E-state index contributed by atoms with van der Waals surface area (Å²) in [4.78, 5) is 18.6. The molecule has 158 valence electrons. The van der Waals surface area contributed by atoms with Gasteiger partial charge in [0.1, 0.15) is 24.0 Å². The molecule has 1 aromatic carbocycles. The zero-order chi connectivity index (χ0) is 21.5. The van der Waals surface area contributed by atoms with E-state index in [2.05, 4.69) is 20.6 Å². The van der Waals surface area contributed by atoms with Crippen LogP contribution in [-0.4, -0.2) is 37.3 Å². The number of carbonyl (C=O) groups is 1. The number of halogens is 3. The Morgan fingerprint density at radius 2 is 2.10 bits per heavy atom. The summed E-state index contributed by atoms with van der Waals surface area (Å²) >= 11 is 0. The third-order valence-corrected chi connectivity index (χ3v) is 4.88. The molecule has 0 unspecified atom stereocenters. The van der Waals surface area contributed by atoms with E-state index < -0.39 is 11.7 Å². The van der Waals surface area contributed by atoms with Crippen molar-refractivity contribution in [2.75, 3.05) is 11.9 Å². The zero-order valence-corrected chi connectivity index (χ0v) is 16.3. The molecule has 3 heterocycles. The molecule has 0 radical (unpaired) electrons. The minimum absolute atomic E-state index is 0.0592. The van der Waals surface area contributed by atoms with Gasteiger partial charge in [-0.3, -0.25) is 4.79 Å². The highest BCUT2D eigenvalue weighted by atomic mass is 19.4. The van der Waals surface area contributed by atoms with E-state index in [9.17, 15) is 18.0 Å². The minimum Gasteiger partial charge on any atom is -0.359 e. The molecule has 0 atom stereocenters. The Kier molecular flexibility index (Phi) is 4.96. The highest BCUT2D eigenvalue weighted by Crippen LogP contribution is 2.33. The lowest BCUT2D eigenvalue weighted by molar-refractivity contribution is -0.137. The number of alkyl halides is 3. The number of hydrogen-bond acceptors (Lipinski definition) is 6. The van der Waals surface area contributed by atoms with Crippen molar-refractivity contribution in [1.29, 1.82) is 0 Å². The highest BCUT2D eigenvalue weighted by Gasteiger charge is 2.31. The lowest BCUT2D eigenvalue weighted by Gasteiger charge is -2.26. The molecule has 0 bridgehead atoms. The summed E-state index contributed by atoms with van der Waals surface area (Å²) in [6.07, 6.45) is -3.98. The monoisotopic (exact) mass is 420 g/mol. The molecular weight excluding hydrogens is 401 g/mol. The third kappa shape index (κ3) is 4.00. The maximum atomic E-state index is 13.0. The molecule has 4 rings (SSSR count). The van der Waals surface area contributed by atoms with Crippen molar-refractivity contribution in [3.8, 4) is 0 Å². The minimum atomic E-state index is -4.44. The lowest BCUT2D eigenvalue weighted by Crippen LogP contribution is -2.38. The first kappa shape index (κ1) is 19.9. The molecule has 11 heteroatoms. The van der Waals surface area contributed by atoms with Crippen molar-refractivity contribution in [1.82, 2.24) is 24.8 Å². The summed E-state index contributed by atoms with van der Waals surface area (Å²) in [7, 11) is 0. The van der Waals surface area contributed by atoms with Gasteiger partial charge in [0.15, 0.2) is 5.82 Å². The van der Waals surface area contributed by atoms with Gasteiger partial charge in [-0.15, -0.1) is 0 Å². The lowest BCUT2D eigenvalue weighted by atomic mass is 10.1. The third-order valence-electron chi connectivity index (χ3n) is 4.88. The smallest absolute Gasteiger partial charge is 0.359 e. The number of carbonyl (C=O) groups excluding carboxylic acids is 1. The second-order valence-corrected chi connectivity index (χ2v) is 7.07. The van der Waals surface area contributed by atoms with Crippen molar-refractivity contribution in [3.63, 3.8) is 0 Å². The summed E-state index contributed by atoms with van der Waals surface area (Å²) in [5.74, 6) is 2.01. The van der Waals surface area contributed by atoms with Gasteiger partial charge in [-0.1, -0.05) is 11.2 Å². The van der Waals surface area contributed by atoms with E-state index in [1.807, 2.05) is 0 Å². The maximum absolute atomic E-state index is 13.0. The Morgan fingerprint density at radius 3 is 2.80 bits per heavy atom. The standard InChI is InChI=1S/C19H19F3N6O2/c1-11-23-12(2)28(25-11)10-17(29)27-7-6-16-15(9-27)18(26-30-16)24-14-5-3-4-13(8-14)19(20,21)22/h3-5,8H,6-7,9-10H2,1-2H3,(H,24,26). The highest BCUT2D eigenvalue weighted by molar-refractivity contribution is 5.76. The van der Waals surface area contributed by atoms with Crippen molar-refractivity contribution < 1.29 is 22.5 Å². The molecule has 0 saturated heterocycles. The average Bonchev–Trinajstić information content (AvgIpc) is 3.23. The summed E-state index contributed by atoms with van der Waals surface area (Å²) in [5, 5.41) is 11.0. The van der Waals surface area contributed by atoms with Crippen LogP contribution < -0.4 is 5.32 Å². The Hall–Kier alpha value is -3.37. The quantitative estimate of drug-likeness (QED) is 0.697. The Balaban J connectivity index is 1.50. The molecule has 2 aromatic heterocycles. The first-order valence-corrected chi connectivity index (χ1v) is 9.28. The van der Waals surface area contributed by atoms with E-state index in [1.54, 1.807) is 23.4 Å². The number of benzene rings is 1. The molecule has 30 heavy (non-hydrogen) atoms. The van der Waals surface area contributed by atoms with Crippen LogP contribution in [0.2, 0.25) is 0 Å². The van der Waals surface area contributed by atoms with Crippen LogP contribution in [-0.2, 0) is 30.5 Å². The first-order valence-electron chi connectivity index (χ1n) is 9.28. The summed E-state index contributed by atoms with van der Waals surface area (Å²) in [6, 6.07) is 4.83. The topological polar surface area (TPSA) is 89.1 Å². The van der Waals surface area contributed by atoms with Crippen molar-refractivity contribution in [2.24, 2.45) is 0 Å². The molecule has 1 N–H and O–H groups in total. The molecule has 0 saturated carbocycles. The molecule has 8 nitrogen and oxygen atoms in total. The van der Waals surface area contributed by atoms with Crippen LogP contribution in [0.4, 0.5) is 24.7 Å². The van der Waals surface area contributed by atoms with E-state index >= 15 is 0 Å². The fourth-order valence-corrected chi connectivity index (χ4v) is 3.37. The predicted octanol–water partition coefficient (Wildman–Crippen LogP) is 3.23. The number of aromatic nitrogens is 4. The van der Waals surface area contributed by atoms with Crippen LogP contribution >= 0.6 is 0 Å². The summed E-state index contributed by atoms with van der Waals surface area (Å²) in [5.41, 5.74) is 0.122. The molecule has 1 aliphatic rings. The van der Waals surface area contributed by atoms with E-state index in [0.717, 1.165) is 12.1 Å². The number of nitrogens with zero attached hydrogens (tertiary/aromatic N) is 5. The van der Waals surface area contributed by atoms with Gasteiger partial charge < -0.3 is 14.7 Å². The number of nitrogens with one attached hydrogen (secondary N) is 1. The molecule has 0 fully saturated rings. The van der Waals surface area contributed by atoms with Gasteiger partial charge in [0.25, 0.3) is 0 Å². The van der Waals surface area contributed by atoms with Crippen LogP contribution in [0.15, 0.2) is 28.8 Å². The van der Waals surface area contributed by atoms with E-state index in [0.29, 0.717) is 41.8 Å². The van der Waals surface area contributed by atoms with Crippen molar-refractivity contribution >= 4 is 17.4 Å². The van der Waals surface area contributed by atoms with Crippen LogP contribution in [0, 0.1) is 13.8 Å². The van der Waals surface area contributed by atoms with Gasteiger partial charge in [-0.25, -0.2) is 9.67 Å². The van der Waals surface area contributed by atoms with E-state index in [-0.39, 0.29) is 24.7 Å². The van der Waals surface area contributed by atoms with Gasteiger partial charge in [-0.2, -0.15) is 18.3 Å². The largest absolute Gasteiger partial charge is 0.416 e. The van der Waals surface area contributed by atoms with Gasteiger partial charge in [0.2, 0.25) is 5.91 Å². The van der Waals surface area contributed by atoms with E-state index in [4.69, 9.17) is 4.52 Å². The van der Waals surface area contributed by atoms with Gasteiger partial charge in [-0.05, 0) is 32.0 Å². The number of amides is 1. The molecule has 3 aromatic rings. The second-order valence-electron chi connectivity index (χ2n) is 7.07. The SMILES string of the molecule is Cc1nc(C)n(CC(=O)N2CCc3onc(Nc4cccc(C(F)(F)F)c4)c3C2)n1. The van der Waals surface area contributed by atoms with Crippen molar-refractivity contribution in [2.45, 2.75) is 39.5 Å². The number of rotatable bonds is 4. The number of anilines is 2. The molecule has 0 spiro atoms. The number of aryl methyl sites for hydroxylation is 2. The Labute approximate surface area is 169 Å². The Bertz CT molecular complexity index is 1090. The first-order chi connectivity index (χ1) is 14.2. The number of hydrogen-bond donors (Lipinski definition) is 1. The zero-order valence-electron chi connectivity index (χ0n) is 16.3. The molecule has 0 aliphatic carbocycles. The molecule has 1 aliphatic heterocycles. The molecular formula is C19H19F3N6O2. The van der Waals surface area contributed by atoms with Gasteiger partial charge in [0, 0.05) is 18.7 Å². The van der Waals surface area contributed by atoms with Crippen LogP contribution in [0.5, 0.6) is 0 Å². The van der Waals surface area contributed by atoms with Crippen molar-refractivity contribution in [3.05, 3.63) is 52.8 Å². The fourth-order valence-electron chi connectivity index (χ4n) is 3.37. The van der Waals surface area contributed by atoms with Crippen LogP contribution in [0.3, 0.4) is 0 Å². The molecule has 1 amide bonds. The Morgan fingerprint density at radius 1 is 1.30 bits per heavy atom. The average molecular weight is 420 g/mol. The van der Waals surface area contributed by atoms with E-state index in [1.165, 1.54) is 12.1 Å². The maximum Gasteiger partial charge on any atom is 0.416 e. The number of fused-ring (bicyclic) bond motifs is 1. The fraction of sp³-hybridized carbons (Fsp3) is 0.368. The summed E-state index contributed by atoms with van der Waals surface area (Å²) in [6.45, 7) is 4.29. The summed E-state index contributed by atoms with van der Waals surface area (Å²) < 4.78 is 45.7. The normalized spacial score (nSPS) is 14.0.